The molecule has 2 aromatic carbocycles. The number of rotatable bonds is 6. The Balaban J connectivity index is 1.53. The third kappa shape index (κ3) is 3.95. The fourth-order valence-corrected chi connectivity index (χ4v) is 4.70. The number of hydrogen-bond donors (Lipinski definition) is 0. The van der Waals surface area contributed by atoms with Crippen LogP contribution in [-0.2, 0) is 18.3 Å². The van der Waals surface area contributed by atoms with Crippen LogP contribution in [0.2, 0.25) is 0 Å². The third-order valence-electron chi connectivity index (χ3n) is 5.47. The van der Waals surface area contributed by atoms with Gasteiger partial charge in [-0.2, -0.15) is 0 Å². The number of carbonyl (C=O) groups excluding carboxylic acids is 2. The van der Waals surface area contributed by atoms with Crippen molar-refractivity contribution in [3.05, 3.63) is 53.6 Å². The molecule has 0 saturated carbocycles. The molecule has 0 N–H and O–H groups in total. The number of para-hydroxylation sites is 1. The molecule has 2 heterocycles. The molecule has 0 spiro atoms. The van der Waals surface area contributed by atoms with Gasteiger partial charge < -0.3 is 14.2 Å². The van der Waals surface area contributed by atoms with Crippen LogP contribution in [0.25, 0.3) is 11.4 Å². The van der Waals surface area contributed by atoms with Gasteiger partial charge in [-0.3, -0.25) is 9.59 Å². The molecule has 160 valence electrons. The number of Topliss-reactive ketones (excluding diaryl/α,β-unsaturated/α-hetero) is 1. The van der Waals surface area contributed by atoms with E-state index in [1.54, 1.807) is 25.0 Å². The molecule has 0 bridgehead atoms. The summed E-state index contributed by atoms with van der Waals surface area (Å²) < 4.78 is 7.31. The Kier molecular flexibility index (Phi) is 5.82. The lowest BCUT2D eigenvalue weighted by atomic mass is 10.0. The summed E-state index contributed by atoms with van der Waals surface area (Å²) in [5, 5.41) is 8.93. The van der Waals surface area contributed by atoms with E-state index in [4.69, 9.17) is 4.74 Å². The minimum Gasteiger partial charge on any atom is -0.496 e. The van der Waals surface area contributed by atoms with Crippen molar-refractivity contribution in [2.45, 2.75) is 30.7 Å². The predicted molar refractivity (Wildman–Crippen MR) is 121 cm³/mol. The van der Waals surface area contributed by atoms with Gasteiger partial charge in [-0.15, -0.1) is 10.2 Å². The van der Waals surface area contributed by atoms with E-state index in [0.717, 1.165) is 29.0 Å². The monoisotopic (exact) mass is 436 g/mol. The number of amides is 1. The van der Waals surface area contributed by atoms with E-state index in [1.165, 1.54) is 11.8 Å². The Morgan fingerprint density at radius 1 is 1.16 bits per heavy atom. The van der Waals surface area contributed by atoms with Gasteiger partial charge >= 0.3 is 0 Å². The van der Waals surface area contributed by atoms with Gasteiger partial charge in [0, 0.05) is 31.8 Å². The molecule has 31 heavy (non-hydrogen) atoms. The number of aromatic nitrogens is 3. The molecule has 1 amide bonds. The van der Waals surface area contributed by atoms with E-state index < -0.39 is 0 Å². The minimum absolute atomic E-state index is 0.0230. The van der Waals surface area contributed by atoms with Gasteiger partial charge in [0.05, 0.1) is 17.9 Å². The fourth-order valence-electron chi connectivity index (χ4n) is 3.81. The Bertz CT molecular complexity index is 1160. The number of carbonyl (C=O) groups is 2. The molecule has 7 nitrogen and oxygen atoms in total. The molecule has 3 aromatic rings. The molecule has 1 atom stereocenters. The minimum atomic E-state index is -0.336. The van der Waals surface area contributed by atoms with E-state index in [-0.39, 0.29) is 16.9 Å². The maximum Gasteiger partial charge on any atom is 0.223 e. The maximum absolute atomic E-state index is 13.1. The van der Waals surface area contributed by atoms with E-state index >= 15 is 0 Å². The molecule has 8 heteroatoms. The SMILES string of the molecule is COc1ccccc1-c1nnc(S[C@@H](C)C(=O)c2ccc3c(c2)CCN3C(C)=O)n1C. The normalized spacial score (nSPS) is 13.7. The first-order valence-corrected chi connectivity index (χ1v) is 10.9. The quantitative estimate of drug-likeness (QED) is 0.433. The predicted octanol–water partition coefficient (Wildman–Crippen LogP) is 3.76. The highest BCUT2D eigenvalue weighted by molar-refractivity contribution is 8.00. The number of benzene rings is 2. The average Bonchev–Trinajstić information content (AvgIpc) is 3.36. The van der Waals surface area contributed by atoms with Gasteiger partial charge in [0.1, 0.15) is 5.75 Å². The Labute approximate surface area is 185 Å². The zero-order valence-corrected chi connectivity index (χ0v) is 18.8. The Hall–Kier alpha value is -3.13. The maximum atomic E-state index is 13.1. The average molecular weight is 437 g/mol. The van der Waals surface area contributed by atoms with Crippen molar-refractivity contribution >= 4 is 29.1 Å². The first kappa shape index (κ1) is 21.1. The van der Waals surface area contributed by atoms with E-state index in [0.29, 0.717) is 23.1 Å². The fraction of sp³-hybridized carbons (Fsp3) is 0.304. The highest BCUT2D eigenvalue weighted by atomic mass is 32.2. The molecular formula is C23H24N4O3S. The standard InChI is InChI=1S/C23H24N4O3S/c1-14(21(29)17-9-10-19-16(13-17)11-12-27(19)15(2)28)31-23-25-24-22(26(23)3)18-7-5-6-8-20(18)30-4/h5-10,13-14H,11-12H2,1-4H3/t14-/m0/s1. The zero-order valence-electron chi connectivity index (χ0n) is 18.0. The molecule has 1 aliphatic rings. The molecular weight excluding hydrogens is 412 g/mol. The van der Waals surface area contributed by atoms with Gasteiger partial charge in [-0.25, -0.2) is 0 Å². The second-order valence-electron chi connectivity index (χ2n) is 7.45. The van der Waals surface area contributed by atoms with E-state index in [9.17, 15) is 9.59 Å². The first-order chi connectivity index (χ1) is 14.9. The summed E-state index contributed by atoms with van der Waals surface area (Å²) in [6, 6.07) is 13.2. The number of anilines is 1. The summed E-state index contributed by atoms with van der Waals surface area (Å²) in [5.41, 5.74) is 3.44. The second-order valence-corrected chi connectivity index (χ2v) is 8.76. The molecule has 0 unspecified atom stereocenters. The molecule has 1 aromatic heterocycles. The van der Waals surface area contributed by atoms with E-state index in [2.05, 4.69) is 10.2 Å². The first-order valence-electron chi connectivity index (χ1n) is 10.1. The molecule has 0 aliphatic carbocycles. The zero-order chi connectivity index (χ0) is 22.1. The number of ether oxygens (including phenoxy) is 1. The van der Waals surface area contributed by atoms with Crippen LogP contribution in [0.1, 0.15) is 29.8 Å². The van der Waals surface area contributed by atoms with Crippen LogP contribution >= 0.6 is 11.8 Å². The van der Waals surface area contributed by atoms with Crippen molar-refractivity contribution in [3.8, 4) is 17.1 Å². The van der Waals surface area contributed by atoms with Gasteiger partial charge in [-0.1, -0.05) is 23.9 Å². The molecule has 0 radical (unpaired) electrons. The van der Waals surface area contributed by atoms with Gasteiger partial charge in [-0.05, 0) is 49.2 Å². The smallest absolute Gasteiger partial charge is 0.223 e. The van der Waals surface area contributed by atoms with Crippen LogP contribution in [0.15, 0.2) is 47.6 Å². The van der Waals surface area contributed by atoms with Crippen molar-refractivity contribution in [2.75, 3.05) is 18.6 Å². The van der Waals surface area contributed by atoms with Crippen LogP contribution in [0.3, 0.4) is 0 Å². The summed E-state index contributed by atoms with van der Waals surface area (Å²) in [6.07, 6.45) is 0.767. The second kappa shape index (κ2) is 8.55. The number of methoxy groups -OCH3 is 1. The Morgan fingerprint density at radius 2 is 1.94 bits per heavy atom. The summed E-state index contributed by atoms with van der Waals surface area (Å²) in [4.78, 5) is 26.6. The lowest BCUT2D eigenvalue weighted by molar-refractivity contribution is -0.116. The number of nitrogens with zero attached hydrogens (tertiary/aromatic N) is 4. The lowest BCUT2D eigenvalue weighted by Crippen LogP contribution is -2.25. The molecule has 0 saturated heterocycles. The van der Waals surface area contributed by atoms with Crippen LogP contribution in [0, 0.1) is 0 Å². The van der Waals surface area contributed by atoms with Crippen molar-refractivity contribution in [3.63, 3.8) is 0 Å². The van der Waals surface area contributed by atoms with Gasteiger partial charge in [0.25, 0.3) is 0 Å². The molecule has 1 aliphatic heterocycles. The highest BCUT2D eigenvalue weighted by Crippen LogP contribution is 2.33. The lowest BCUT2D eigenvalue weighted by Gasteiger charge is -2.15. The molecule has 0 fully saturated rings. The number of thioether (sulfide) groups is 1. The van der Waals surface area contributed by atoms with Crippen LogP contribution in [0.5, 0.6) is 5.75 Å². The number of ketones is 1. The van der Waals surface area contributed by atoms with Gasteiger partial charge in [0.2, 0.25) is 5.91 Å². The van der Waals surface area contributed by atoms with Crippen molar-refractivity contribution < 1.29 is 14.3 Å². The Morgan fingerprint density at radius 3 is 2.68 bits per heavy atom. The third-order valence-corrected chi connectivity index (χ3v) is 6.61. The van der Waals surface area contributed by atoms with Crippen LogP contribution in [-0.4, -0.2) is 45.4 Å². The van der Waals surface area contributed by atoms with Crippen molar-refractivity contribution in [1.82, 2.24) is 14.8 Å². The highest BCUT2D eigenvalue weighted by Gasteiger charge is 2.26. The van der Waals surface area contributed by atoms with Crippen molar-refractivity contribution in [2.24, 2.45) is 7.05 Å². The summed E-state index contributed by atoms with van der Waals surface area (Å²) in [7, 11) is 3.50. The number of hydrogen-bond acceptors (Lipinski definition) is 6. The summed E-state index contributed by atoms with van der Waals surface area (Å²) >= 11 is 1.38. The van der Waals surface area contributed by atoms with Gasteiger partial charge in [0.15, 0.2) is 16.8 Å². The summed E-state index contributed by atoms with van der Waals surface area (Å²) in [6.45, 7) is 4.10. The molecule has 4 rings (SSSR count). The van der Waals surface area contributed by atoms with E-state index in [1.807, 2.05) is 54.9 Å². The van der Waals surface area contributed by atoms with Crippen LogP contribution in [0.4, 0.5) is 5.69 Å². The topological polar surface area (TPSA) is 77.3 Å². The largest absolute Gasteiger partial charge is 0.496 e. The van der Waals surface area contributed by atoms with Crippen LogP contribution < -0.4 is 9.64 Å². The van der Waals surface area contributed by atoms with Crippen molar-refractivity contribution in [1.29, 1.82) is 0 Å². The summed E-state index contributed by atoms with van der Waals surface area (Å²) in [5.74, 6) is 1.45. The number of fused-ring (bicyclic) bond motifs is 1.